The van der Waals surface area contributed by atoms with Crippen LogP contribution in [0.5, 0.6) is 0 Å². The van der Waals surface area contributed by atoms with Gasteiger partial charge in [-0.2, -0.15) is 0 Å². The Kier molecular flexibility index (Phi) is 4.12. The van der Waals surface area contributed by atoms with E-state index < -0.39 is 0 Å². The molecule has 0 saturated heterocycles. The number of carbonyl (C=O) groups is 1. The van der Waals surface area contributed by atoms with Crippen LogP contribution in [0.25, 0.3) is 0 Å². The molecule has 5 heteroatoms. The molecule has 0 bridgehead atoms. The molecule has 0 radical (unpaired) electrons. The van der Waals surface area contributed by atoms with Gasteiger partial charge in [-0.3, -0.25) is 4.79 Å². The van der Waals surface area contributed by atoms with Gasteiger partial charge in [0, 0.05) is 18.0 Å². The van der Waals surface area contributed by atoms with Gasteiger partial charge in [0.1, 0.15) is 10.7 Å². The van der Waals surface area contributed by atoms with Crippen LogP contribution in [0.1, 0.15) is 48.1 Å². The van der Waals surface area contributed by atoms with Crippen LogP contribution in [-0.2, 0) is 6.54 Å². The molecule has 1 unspecified atom stereocenters. The standard InChI is InChI=1S/C12H19N3OS/c1-8(9-4-2-3-5-9)14-12(16)10-7-17-11(6-13)15-10/h7-9H,2-6,13H2,1H3,(H,14,16). The molecule has 0 spiro atoms. The third-order valence-corrected chi connectivity index (χ3v) is 4.30. The van der Waals surface area contributed by atoms with Gasteiger partial charge in [0.25, 0.3) is 5.91 Å². The van der Waals surface area contributed by atoms with Crippen LogP contribution in [0, 0.1) is 5.92 Å². The van der Waals surface area contributed by atoms with Crippen molar-refractivity contribution < 1.29 is 4.79 Å². The van der Waals surface area contributed by atoms with Crippen molar-refractivity contribution in [2.24, 2.45) is 11.7 Å². The molecule has 1 heterocycles. The number of nitrogens with two attached hydrogens (primary N) is 1. The number of hydrogen-bond donors (Lipinski definition) is 2. The zero-order valence-electron chi connectivity index (χ0n) is 10.1. The van der Waals surface area contributed by atoms with Crippen molar-refractivity contribution in [1.82, 2.24) is 10.3 Å². The minimum Gasteiger partial charge on any atom is -0.348 e. The topological polar surface area (TPSA) is 68.0 Å². The van der Waals surface area contributed by atoms with Crippen molar-refractivity contribution in [2.45, 2.75) is 45.2 Å². The predicted molar refractivity (Wildman–Crippen MR) is 68.9 cm³/mol. The largest absolute Gasteiger partial charge is 0.348 e. The summed E-state index contributed by atoms with van der Waals surface area (Å²) >= 11 is 1.44. The van der Waals surface area contributed by atoms with Crippen LogP contribution in [0.2, 0.25) is 0 Å². The number of thiazole rings is 1. The predicted octanol–water partition coefficient (Wildman–Crippen LogP) is 1.91. The zero-order valence-corrected chi connectivity index (χ0v) is 10.9. The average molecular weight is 253 g/mol. The molecule has 1 aliphatic rings. The molecule has 1 aromatic heterocycles. The first-order valence-electron chi connectivity index (χ1n) is 6.16. The van der Waals surface area contributed by atoms with E-state index >= 15 is 0 Å². The number of amides is 1. The maximum absolute atomic E-state index is 11.9. The fraction of sp³-hybridized carbons (Fsp3) is 0.667. The lowest BCUT2D eigenvalue weighted by atomic mass is 10.00. The normalized spacial score (nSPS) is 18.2. The van der Waals surface area contributed by atoms with Crippen molar-refractivity contribution in [3.05, 3.63) is 16.1 Å². The van der Waals surface area contributed by atoms with Crippen LogP contribution in [0.4, 0.5) is 0 Å². The van der Waals surface area contributed by atoms with Crippen LogP contribution in [-0.4, -0.2) is 16.9 Å². The second-order valence-corrected chi connectivity index (χ2v) is 5.58. The highest BCUT2D eigenvalue weighted by atomic mass is 32.1. The molecule has 1 fully saturated rings. The van der Waals surface area contributed by atoms with Gasteiger partial charge in [-0.15, -0.1) is 11.3 Å². The minimum absolute atomic E-state index is 0.0691. The molecule has 1 saturated carbocycles. The quantitative estimate of drug-likeness (QED) is 0.861. The number of nitrogens with zero attached hydrogens (tertiary/aromatic N) is 1. The highest BCUT2D eigenvalue weighted by Gasteiger charge is 2.23. The van der Waals surface area contributed by atoms with E-state index in [1.54, 1.807) is 5.38 Å². The number of nitrogens with one attached hydrogen (secondary N) is 1. The SMILES string of the molecule is CC(NC(=O)c1csc(CN)n1)C1CCCC1. The summed E-state index contributed by atoms with van der Waals surface area (Å²) in [6.45, 7) is 2.49. The molecule has 1 aliphatic carbocycles. The summed E-state index contributed by atoms with van der Waals surface area (Å²) in [5, 5.41) is 5.63. The molecular formula is C12H19N3OS. The Balaban J connectivity index is 1.91. The van der Waals surface area contributed by atoms with Crippen molar-refractivity contribution in [1.29, 1.82) is 0 Å². The van der Waals surface area contributed by atoms with Crippen molar-refractivity contribution in [2.75, 3.05) is 0 Å². The summed E-state index contributed by atoms with van der Waals surface area (Å²) in [7, 11) is 0. The fourth-order valence-electron chi connectivity index (χ4n) is 2.36. The van der Waals surface area contributed by atoms with Gasteiger partial charge < -0.3 is 11.1 Å². The first-order chi connectivity index (χ1) is 8.20. The molecule has 0 aliphatic heterocycles. The molecule has 1 atom stereocenters. The summed E-state index contributed by atoms with van der Waals surface area (Å²) in [6, 6.07) is 0.244. The van der Waals surface area contributed by atoms with E-state index in [9.17, 15) is 4.79 Å². The fourth-order valence-corrected chi connectivity index (χ4v) is 3.02. The molecule has 3 N–H and O–H groups in total. The van der Waals surface area contributed by atoms with E-state index in [1.807, 2.05) is 0 Å². The van der Waals surface area contributed by atoms with Crippen molar-refractivity contribution in [3.8, 4) is 0 Å². The Morgan fingerprint density at radius 1 is 1.65 bits per heavy atom. The highest BCUT2D eigenvalue weighted by Crippen LogP contribution is 2.27. The van der Waals surface area contributed by atoms with Gasteiger partial charge in [0.15, 0.2) is 0 Å². The molecule has 0 aromatic carbocycles. The van der Waals surface area contributed by atoms with Gasteiger partial charge in [-0.25, -0.2) is 4.98 Å². The summed E-state index contributed by atoms with van der Waals surface area (Å²) < 4.78 is 0. The molecule has 1 aromatic rings. The minimum atomic E-state index is -0.0691. The van der Waals surface area contributed by atoms with E-state index in [2.05, 4.69) is 17.2 Å². The second kappa shape index (κ2) is 5.60. The Hall–Kier alpha value is -0.940. The van der Waals surface area contributed by atoms with Crippen molar-refractivity contribution >= 4 is 17.2 Å². The van der Waals surface area contributed by atoms with Crippen LogP contribution in [0.15, 0.2) is 5.38 Å². The number of carbonyl (C=O) groups excluding carboxylic acids is 1. The van der Waals surface area contributed by atoms with Crippen molar-refractivity contribution in [3.63, 3.8) is 0 Å². The monoisotopic (exact) mass is 253 g/mol. The summed E-state index contributed by atoms with van der Waals surface area (Å²) in [5.74, 6) is 0.562. The Morgan fingerprint density at radius 3 is 2.94 bits per heavy atom. The molecule has 94 valence electrons. The number of aromatic nitrogens is 1. The Morgan fingerprint density at radius 2 is 2.35 bits per heavy atom. The molecule has 2 rings (SSSR count). The maximum atomic E-state index is 11.9. The zero-order chi connectivity index (χ0) is 12.3. The van der Waals surface area contributed by atoms with E-state index in [0.29, 0.717) is 18.2 Å². The second-order valence-electron chi connectivity index (χ2n) is 4.64. The van der Waals surface area contributed by atoms with Crippen LogP contribution < -0.4 is 11.1 Å². The van der Waals surface area contributed by atoms with Gasteiger partial charge in [0.2, 0.25) is 0 Å². The maximum Gasteiger partial charge on any atom is 0.270 e. The van der Waals surface area contributed by atoms with Gasteiger partial charge in [0.05, 0.1) is 0 Å². The molecular weight excluding hydrogens is 234 g/mol. The molecule has 17 heavy (non-hydrogen) atoms. The van der Waals surface area contributed by atoms with Gasteiger partial charge >= 0.3 is 0 Å². The molecule has 1 amide bonds. The summed E-state index contributed by atoms with van der Waals surface area (Å²) in [5.41, 5.74) is 5.98. The third-order valence-electron chi connectivity index (χ3n) is 3.42. The molecule has 4 nitrogen and oxygen atoms in total. The lowest BCUT2D eigenvalue weighted by Crippen LogP contribution is -2.37. The first-order valence-corrected chi connectivity index (χ1v) is 7.04. The number of hydrogen-bond acceptors (Lipinski definition) is 4. The summed E-state index contributed by atoms with van der Waals surface area (Å²) in [6.07, 6.45) is 5.04. The van der Waals surface area contributed by atoms with Crippen LogP contribution >= 0.6 is 11.3 Å². The average Bonchev–Trinajstić information content (AvgIpc) is 3.00. The van der Waals surface area contributed by atoms with E-state index in [0.717, 1.165) is 5.01 Å². The number of rotatable bonds is 4. The van der Waals surface area contributed by atoms with E-state index in [4.69, 9.17) is 5.73 Å². The first kappa shape index (κ1) is 12.5. The lowest BCUT2D eigenvalue weighted by molar-refractivity contribution is 0.0922. The lowest BCUT2D eigenvalue weighted by Gasteiger charge is -2.19. The van der Waals surface area contributed by atoms with Gasteiger partial charge in [-0.1, -0.05) is 12.8 Å². The third kappa shape index (κ3) is 3.04. The van der Waals surface area contributed by atoms with Gasteiger partial charge in [-0.05, 0) is 25.7 Å². The summed E-state index contributed by atoms with van der Waals surface area (Å²) in [4.78, 5) is 16.1. The Bertz CT molecular complexity index is 385. The van der Waals surface area contributed by atoms with E-state index in [1.165, 1.54) is 37.0 Å². The smallest absolute Gasteiger partial charge is 0.270 e. The van der Waals surface area contributed by atoms with E-state index in [-0.39, 0.29) is 11.9 Å². The Labute approximate surface area is 106 Å². The van der Waals surface area contributed by atoms with Crippen LogP contribution in [0.3, 0.4) is 0 Å². The highest BCUT2D eigenvalue weighted by molar-refractivity contribution is 7.09.